The highest BCUT2D eigenvalue weighted by Crippen LogP contribution is 2.06. The molecule has 6 heteroatoms. The van der Waals surface area contributed by atoms with Crippen molar-refractivity contribution < 1.29 is 9.59 Å². The fourth-order valence-electron chi connectivity index (χ4n) is 1.68. The molecule has 1 aliphatic rings. The molecule has 1 unspecified atom stereocenters. The van der Waals surface area contributed by atoms with Crippen molar-refractivity contribution in [1.82, 2.24) is 15.6 Å². The quantitative estimate of drug-likeness (QED) is 0.305. The molecule has 1 fully saturated rings. The topological polar surface area (TPSA) is 87.5 Å². The van der Waals surface area contributed by atoms with Gasteiger partial charge < -0.3 is 5.32 Å². The van der Waals surface area contributed by atoms with Gasteiger partial charge in [-0.25, -0.2) is 5.84 Å². The van der Waals surface area contributed by atoms with Gasteiger partial charge >= 0.3 is 0 Å². The van der Waals surface area contributed by atoms with Crippen LogP contribution in [0.5, 0.6) is 0 Å². The number of amides is 2. The van der Waals surface area contributed by atoms with Gasteiger partial charge in [-0.2, -0.15) is 0 Å². The van der Waals surface area contributed by atoms with Crippen molar-refractivity contribution in [2.24, 2.45) is 5.84 Å². The first kappa shape index (κ1) is 11.9. The zero-order valence-corrected chi connectivity index (χ0v) is 8.95. The molecule has 1 rings (SSSR count). The van der Waals surface area contributed by atoms with Gasteiger partial charge in [0.05, 0.1) is 0 Å². The van der Waals surface area contributed by atoms with Gasteiger partial charge in [0, 0.05) is 38.5 Å². The number of nitrogens with two attached hydrogens (primary N) is 1. The summed E-state index contributed by atoms with van der Waals surface area (Å²) < 4.78 is 0. The van der Waals surface area contributed by atoms with E-state index in [-0.39, 0.29) is 17.9 Å². The first-order valence-corrected chi connectivity index (χ1v) is 5.13. The highest BCUT2D eigenvalue weighted by atomic mass is 16.2. The Balaban J connectivity index is 2.41. The summed E-state index contributed by atoms with van der Waals surface area (Å²) in [6.07, 6.45) is 0.860. The molecule has 6 nitrogen and oxygen atoms in total. The lowest BCUT2D eigenvalue weighted by atomic mass is 10.2. The molecule has 15 heavy (non-hydrogen) atoms. The molecule has 0 aromatic rings. The van der Waals surface area contributed by atoms with E-state index in [0.717, 1.165) is 6.54 Å². The van der Waals surface area contributed by atoms with E-state index in [0.29, 0.717) is 25.9 Å². The van der Waals surface area contributed by atoms with Crippen LogP contribution in [0.15, 0.2) is 0 Å². The summed E-state index contributed by atoms with van der Waals surface area (Å²) in [5.41, 5.74) is 2.11. The molecular weight excluding hydrogens is 196 g/mol. The minimum absolute atomic E-state index is 0.0768. The standard InChI is InChI=1S/C9H18N4O2/c1-7(6-9(15)12-10)13-4-2-8(14)11-3-5-13/h7H,2-6,10H2,1H3,(H,11,14)(H,12,15). The van der Waals surface area contributed by atoms with E-state index in [4.69, 9.17) is 5.84 Å². The lowest BCUT2D eigenvalue weighted by Crippen LogP contribution is -2.41. The minimum Gasteiger partial charge on any atom is -0.355 e. The number of nitrogens with one attached hydrogen (secondary N) is 2. The van der Waals surface area contributed by atoms with Crippen molar-refractivity contribution >= 4 is 11.8 Å². The molecule has 1 atom stereocenters. The summed E-state index contributed by atoms with van der Waals surface area (Å²) >= 11 is 0. The third-order valence-electron chi connectivity index (χ3n) is 2.61. The summed E-state index contributed by atoms with van der Waals surface area (Å²) in [5.74, 6) is 4.92. The predicted octanol–water partition coefficient (Wildman–Crippen LogP) is -1.42. The van der Waals surface area contributed by atoms with Crippen LogP contribution < -0.4 is 16.6 Å². The number of hydrazine groups is 1. The highest BCUT2D eigenvalue weighted by Gasteiger charge is 2.19. The maximum atomic E-state index is 11.1. The fourth-order valence-corrected chi connectivity index (χ4v) is 1.68. The molecule has 86 valence electrons. The van der Waals surface area contributed by atoms with E-state index in [1.165, 1.54) is 0 Å². The summed E-state index contributed by atoms with van der Waals surface area (Å²) in [7, 11) is 0. The second kappa shape index (κ2) is 5.67. The monoisotopic (exact) mass is 214 g/mol. The van der Waals surface area contributed by atoms with Crippen LogP contribution in [0.2, 0.25) is 0 Å². The van der Waals surface area contributed by atoms with Crippen LogP contribution in [-0.2, 0) is 9.59 Å². The molecule has 0 saturated carbocycles. The Bertz CT molecular complexity index is 244. The summed E-state index contributed by atoms with van der Waals surface area (Å²) in [5, 5.41) is 2.79. The minimum atomic E-state index is -0.175. The Morgan fingerprint density at radius 2 is 2.40 bits per heavy atom. The molecule has 0 aromatic heterocycles. The van der Waals surface area contributed by atoms with Gasteiger partial charge in [-0.15, -0.1) is 0 Å². The van der Waals surface area contributed by atoms with Crippen LogP contribution in [-0.4, -0.2) is 42.4 Å². The molecule has 0 aromatic carbocycles. The normalized spacial score (nSPS) is 20.3. The van der Waals surface area contributed by atoms with E-state index in [2.05, 4.69) is 15.6 Å². The molecule has 0 spiro atoms. The van der Waals surface area contributed by atoms with Gasteiger partial charge in [0.25, 0.3) is 0 Å². The number of hydrogen-bond acceptors (Lipinski definition) is 4. The van der Waals surface area contributed by atoms with E-state index >= 15 is 0 Å². The summed E-state index contributed by atoms with van der Waals surface area (Å²) in [4.78, 5) is 24.3. The second-order valence-electron chi connectivity index (χ2n) is 3.76. The molecule has 1 heterocycles. The average Bonchev–Trinajstić information content (AvgIpc) is 2.42. The maximum absolute atomic E-state index is 11.1. The summed E-state index contributed by atoms with van der Waals surface area (Å²) in [6.45, 7) is 4.09. The number of carbonyl (C=O) groups is 2. The third kappa shape index (κ3) is 3.85. The van der Waals surface area contributed by atoms with Crippen molar-refractivity contribution in [3.63, 3.8) is 0 Å². The highest BCUT2D eigenvalue weighted by molar-refractivity contribution is 5.76. The predicted molar refractivity (Wildman–Crippen MR) is 55.6 cm³/mol. The lowest BCUT2D eigenvalue weighted by Gasteiger charge is -2.26. The Labute approximate surface area is 89.1 Å². The number of carbonyl (C=O) groups excluding carboxylic acids is 2. The third-order valence-corrected chi connectivity index (χ3v) is 2.61. The molecule has 4 N–H and O–H groups in total. The van der Waals surface area contributed by atoms with Crippen LogP contribution in [0.3, 0.4) is 0 Å². The van der Waals surface area contributed by atoms with Crippen LogP contribution in [0.4, 0.5) is 0 Å². The van der Waals surface area contributed by atoms with E-state index in [1.807, 2.05) is 6.92 Å². The smallest absolute Gasteiger partial charge is 0.235 e. The average molecular weight is 214 g/mol. The fraction of sp³-hybridized carbons (Fsp3) is 0.778. The molecule has 0 radical (unpaired) electrons. The second-order valence-corrected chi connectivity index (χ2v) is 3.76. The Hall–Kier alpha value is -1.14. The molecule has 0 aliphatic carbocycles. The van der Waals surface area contributed by atoms with Gasteiger partial charge in [-0.3, -0.25) is 19.9 Å². The lowest BCUT2D eigenvalue weighted by molar-refractivity contribution is -0.122. The molecule has 1 saturated heterocycles. The largest absolute Gasteiger partial charge is 0.355 e. The SMILES string of the molecule is CC(CC(=O)NN)N1CCNC(=O)CC1. The first-order chi connectivity index (χ1) is 7.13. The molecule has 1 aliphatic heterocycles. The van der Waals surface area contributed by atoms with Crippen LogP contribution in [0.1, 0.15) is 19.8 Å². The van der Waals surface area contributed by atoms with E-state index in [1.54, 1.807) is 0 Å². The van der Waals surface area contributed by atoms with Crippen molar-refractivity contribution in [2.45, 2.75) is 25.8 Å². The zero-order chi connectivity index (χ0) is 11.3. The van der Waals surface area contributed by atoms with Gasteiger partial charge in [-0.05, 0) is 6.92 Å². The van der Waals surface area contributed by atoms with Crippen molar-refractivity contribution in [3.8, 4) is 0 Å². The van der Waals surface area contributed by atoms with Crippen LogP contribution >= 0.6 is 0 Å². The van der Waals surface area contributed by atoms with Gasteiger partial charge in [0.15, 0.2) is 0 Å². The van der Waals surface area contributed by atoms with Gasteiger partial charge in [-0.1, -0.05) is 0 Å². The van der Waals surface area contributed by atoms with E-state index in [9.17, 15) is 9.59 Å². The maximum Gasteiger partial charge on any atom is 0.235 e. The van der Waals surface area contributed by atoms with Crippen LogP contribution in [0.25, 0.3) is 0 Å². The van der Waals surface area contributed by atoms with Gasteiger partial charge in [0.1, 0.15) is 0 Å². The number of nitrogens with zero attached hydrogens (tertiary/aromatic N) is 1. The van der Waals surface area contributed by atoms with E-state index < -0.39 is 0 Å². The Morgan fingerprint density at radius 1 is 1.67 bits per heavy atom. The number of rotatable bonds is 3. The Kier molecular flexibility index (Phi) is 4.51. The van der Waals surface area contributed by atoms with Crippen molar-refractivity contribution in [3.05, 3.63) is 0 Å². The van der Waals surface area contributed by atoms with Crippen molar-refractivity contribution in [2.75, 3.05) is 19.6 Å². The van der Waals surface area contributed by atoms with Crippen molar-refractivity contribution in [1.29, 1.82) is 0 Å². The molecule has 0 bridgehead atoms. The number of hydrogen-bond donors (Lipinski definition) is 3. The zero-order valence-electron chi connectivity index (χ0n) is 8.95. The molecular formula is C9H18N4O2. The van der Waals surface area contributed by atoms with Gasteiger partial charge in [0.2, 0.25) is 11.8 Å². The molecule has 2 amide bonds. The first-order valence-electron chi connectivity index (χ1n) is 5.13. The Morgan fingerprint density at radius 3 is 3.07 bits per heavy atom. The van der Waals surface area contributed by atoms with Crippen LogP contribution in [0, 0.1) is 0 Å². The summed E-state index contributed by atoms with van der Waals surface area (Å²) in [6, 6.07) is 0.112.